The minimum absolute atomic E-state index is 0.124. The Bertz CT molecular complexity index is 501. The molecule has 0 spiro atoms. The van der Waals surface area contributed by atoms with Gasteiger partial charge in [0.15, 0.2) is 6.61 Å². The summed E-state index contributed by atoms with van der Waals surface area (Å²) < 4.78 is 5.24. The van der Waals surface area contributed by atoms with Gasteiger partial charge in [0.05, 0.1) is 0 Å². The van der Waals surface area contributed by atoms with Gasteiger partial charge >= 0.3 is 0 Å². The normalized spacial score (nSPS) is 9.94. The molecule has 17 heavy (non-hydrogen) atoms. The van der Waals surface area contributed by atoms with E-state index in [1.807, 2.05) is 0 Å². The summed E-state index contributed by atoms with van der Waals surface area (Å²) in [6, 6.07) is 6.81. The molecule has 0 aliphatic rings. The summed E-state index contributed by atoms with van der Waals surface area (Å²) in [7, 11) is 0. The number of ether oxygens (including phenoxy) is 1. The molecular weight excluding hydrogens is 244 g/mol. The van der Waals surface area contributed by atoms with Gasteiger partial charge in [0.1, 0.15) is 12.1 Å². The van der Waals surface area contributed by atoms with Crippen LogP contribution in [0.4, 0.5) is 5.95 Å². The number of nitrogens with one attached hydrogen (secondary N) is 2. The van der Waals surface area contributed by atoms with Crippen LogP contribution >= 0.6 is 11.6 Å². The SMILES string of the molecule is O=C(COc1cccc(Cl)c1)Nc1ncn[nH]1. The Kier molecular flexibility index (Phi) is 3.56. The number of anilines is 1. The lowest BCUT2D eigenvalue weighted by Crippen LogP contribution is -2.20. The molecule has 0 aliphatic carbocycles. The molecule has 0 saturated carbocycles. The molecule has 1 heterocycles. The second-order valence-corrected chi connectivity index (χ2v) is 3.56. The van der Waals surface area contributed by atoms with Crippen molar-refractivity contribution in [2.24, 2.45) is 0 Å². The third-order valence-electron chi connectivity index (χ3n) is 1.84. The van der Waals surface area contributed by atoms with Crippen molar-refractivity contribution in [3.63, 3.8) is 0 Å². The number of carbonyl (C=O) groups excluding carboxylic acids is 1. The highest BCUT2D eigenvalue weighted by atomic mass is 35.5. The molecule has 6 nitrogen and oxygen atoms in total. The average molecular weight is 253 g/mol. The number of aromatic amines is 1. The molecule has 2 rings (SSSR count). The molecule has 0 fully saturated rings. The van der Waals surface area contributed by atoms with Crippen LogP contribution in [0.15, 0.2) is 30.6 Å². The van der Waals surface area contributed by atoms with E-state index < -0.39 is 0 Å². The predicted octanol–water partition coefficient (Wildman–Crippen LogP) is 1.48. The first kappa shape index (κ1) is 11.4. The first-order valence-electron chi connectivity index (χ1n) is 4.77. The van der Waals surface area contributed by atoms with Crippen LogP contribution in [0.1, 0.15) is 0 Å². The van der Waals surface area contributed by atoms with Gasteiger partial charge in [-0.2, -0.15) is 10.1 Å². The molecule has 0 aliphatic heterocycles. The maximum atomic E-state index is 11.4. The number of benzene rings is 1. The van der Waals surface area contributed by atoms with E-state index in [2.05, 4.69) is 20.5 Å². The molecule has 0 bridgehead atoms. The number of hydrogen-bond donors (Lipinski definition) is 2. The number of H-pyrrole nitrogens is 1. The largest absolute Gasteiger partial charge is 0.484 e. The highest BCUT2D eigenvalue weighted by Crippen LogP contribution is 2.16. The first-order chi connectivity index (χ1) is 8.24. The fraction of sp³-hybridized carbons (Fsp3) is 0.100. The van der Waals surface area contributed by atoms with Crippen molar-refractivity contribution >= 4 is 23.5 Å². The number of aromatic nitrogens is 3. The van der Waals surface area contributed by atoms with E-state index >= 15 is 0 Å². The zero-order valence-corrected chi connectivity index (χ0v) is 9.44. The number of amides is 1. The van der Waals surface area contributed by atoms with Crippen molar-refractivity contribution < 1.29 is 9.53 Å². The van der Waals surface area contributed by atoms with E-state index in [9.17, 15) is 4.79 Å². The van der Waals surface area contributed by atoms with Gasteiger partial charge in [-0.1, -0.05) is 17.7 Å². The lowest BCUT2D eigenvalue weighted by molar-refractivity contribution is -0.118. The lowest BCUT2D eigenvalue weighted by Gasteiger charge is -2.05. The maximum Gasteiger partial charge on any atom is 0.264 e. The third kappa shape index (κ3) is 3.46. The summed E-state index contributed by atoms with van der Waals surface area (Å²) in [6.07, 6.45) is 1.30. The fourth-order valence-corrected chi connectivity index (χ4v) is 1.32. The highest BCUT2D eigenvalue weighted by molar-refractivity contribution is 6.30. The van der Waals surface area contributed by atoms with Gasteiger partial charge in [0.2, 0.25) is 5.95 Å². The molecule has 7 heteroatoms. The standard InChI is InChI=1S/C10H9ClN4O2/c11-7-2-1-3-8(4-7)17-5-9(16)14-10-12-6-13-15-10/h1-4,6H,5H2,(H2,12,13,14,15,16). The van der Waals surface area contributed by atoms with E-state index in [1.54, 1.807) is 24.3 Å². The number of rotatable bonds is 4. The maximum absolute atomic E-state index is 11.4. The van der Waals surface area contributed by atoms with Crippen LogP contribution in [0.25, 0.3) is 0 Å². The molecule has 0 saturated heterocycles. The lowest BCUT2D eigenvalue weighted by atomic mass is 10.3. The van der Waals surface area contributed by atoms with Gasteiger partial charge in [-0.3, -0.25) is 10.1 Å². The summed E-state index contributed by atoms with van der Waals surface area (Å²) in [5.74, 6) is 0.483. The van der Waals surface area contributed by atoms with E-state index in [-0.39, 0.29) is 18.5 Å². The molecule has 1 amide bonds. The van der Waals surface area contributed by atoms with Crippen LogP contribution in [0.3, 0.4) is 0 Å². The third-order valence-corrected chi connectivity index (χ3v) is 2.07. The molecule has 1 aromatic heterocycles. The first-order valence-corrected chi connectivity index (χ1v) is 5.15. The highest BCUT2D eigenvalue weighted by Gasteiger charge is 2.05. The molecule has 0 radical (unpaired) electrons. The van der Waals surface area contributed by atoms with Gasteiger partial charge in [0, 0.05) is 5.02 Å². The van der Waals surface area contributed by atoms with E-state index in [1.165, 1.54) is 6.33 Å². The molecule has 1 aromatic carbocycles. The Morgan fingerprint density at radius 2 is 2.41 bits per heavy atom. The Morgan fingerprint density at radius 3 is 3.12 bits per heavy atom. The molecule has 0 unspecified atom stereocenters. The van der Waals surface area contributed by atoms with E-state index in [0.29, 0.717) is 10.8 Å². The second-order valence-electron chi connectivity index (χ2n) is 3.13. The Balaban J connectivity index is 1.84. The number of nitrogens with zero attached hydrogens (tertiary/aromatic N) is 2. The summed E-state index contributed by atoms with van der Waals surface area (Å²) in [6.45, 7) is -0.124. The minimum atomic E-state index is -0.332. The van der Waals surface area contributed by atoms with Crippen LogP contribution in [0.2, 0.25) is 5.02 Å². The van der Waals surface area contributed by atoms with Crippen LogP contribution in [-0.2, 0) is 4.79 Å². The van der Waals surface area contributed by atoms with Crippen molar-refractivity contribution in [3.05, 3.63) is 35.6 Å². The van der Waals surface area contributed by atoms with Crippen molar-refractivity contribution in [2.45, 2.75) is 0 Å². The van der Waals surface area contributed by atoms with Crippen molar-refractivity contribution in [1.29, 1.82) is 0 Å². The molecule has 2 N–H and O–H groups in total. The number of halogens is 1. The number of carbonyl (C=O) groups is 1. The van der Waals surface area contributed by atoms with Gasteiger partial charge in [-0.15, -0.1) is 0 Å². The molecule has 2 aromatic rings. The van der Waals surface area contributed by atoms with E-state index in [4.69, 9.17) is 16.3 Å². The molecular formula is C10H9ClN4O2. The van der Waals surface area contributed by atoms with Crippen LogP contribution in [0, 0.1) is 0 Å². The zero-order chi connectivity index (χ0) is 12.1. The summed E-state index contributed by atoms with van der Waals surface area (Å²) in [5.41, 5.74) is 0. The van der Waals surface area contributed by atoms with Gasteiger partial charge in [-0.25, -0.2) is 5.10 Å². The summed E-state index contributed by atoms with van der Waals surface area (Å²) in [5, 5.41) is 9.14. The van der Waals surface area contributed by atoms with Gasteiger partial charge in [0.25, 0.3) is 5.91 Å². The topological polar surface area (TPSA) is 79.9 Å². The van der Waals surface area contributed by atoms with Crippen LogP contribution in [0.5, 0.6) is 5.75 Å². The van der Waals surface area contributed by atoms with Crippen molar-refractivity contribution in [3.8, 4) is 5.75 Å². The monoisotopic (exact) mass is 252 g/mol. The van der Waals surface area contributed by atoms with Crippen molar-refractivity contribution in [2.75, 3.05) is 11.9 Å². The van der Waals surface area contributed by atoms with Crippen LogP contribution in [-0.4, -0.2) is 27.7 Å². The Morgan fingerprint density at radius 1 is 1.53 bits per heavy atom. The van der Waals surface area contributed by atoms with Crippen LogP contribution < -0.4 is 10.1 Å². The summed E-state index contributed by atoms with van der Waals surface area (Å²) in [4.78, 5) is 15.2. The number of hydrogen-bond acceptors (Lipinski definition) is 4. The van der Waals surface area contributed by atoms with E-state index in [0.717, 1.165) is 0 Å². The minimum Gasteiger partial charge on any atom is -0.484 e. The molecule has 88 valence electrons. The fourth-order valence-electron chi connectivity index (χ4n) is 1.14. The van der Waals surface area contributed by atoms with Crippen molar-refractivity contribution in [1.82, 2.24) is 15.2 Å². The van der Waals surface area contributed by atoms with Gasteiger partial charge in [-0.05, 0) is 18.2 Å². The zero-order valence-electron chi connectivity index (χ0n) is 8.68. The quantitative estimate of drug-likeness (QED) is 0.864. The predicted molar refractivity (Wildman–Crippen MR) is 62.0 cm³/mol. The Labute approximate surface area is 102 Å². The van der Waals surface area contributed by atoms with Gasteiger partial charge < -0.3 is 4.74 Å². The second kappa shape index (κ2) is 5.31. The smallest absolute Gasteiger partial charge is 0.264 e. The average Bonchev–Trinajstić information content (AvgIpc) is 2.79. The summed E-state index contributed by atoms with van der Waals surface area (Å²) >= 11 is 5.77. The molecule has 0 atom stereocenters. The Hall–Kier alpha value is -2.08.